The molecule has 72 valence electrons. The first-order valence-corrected chi connectivity index (χ1v) is 4.18. The molecule has 0 amide bonds. The van der Waals surface area contributed by atoms with Crippen LogP contribution in [-0.2, 0) is 4.84 Å². The van der Waals surface area contributed by atoms with E-state index in [0.29, 0.717) is 5.02 Å². The molecule has 0 N–H and O–H groups in total. The van der Waals surface area contributed by atoms with Crippen LogP contribution in [0, 0.1) is 0 Å². The summed E-state index contributed by atoms with van der Waals surface area (Å²) in [5.74, 6) is 0.753. The highest BCUT2D eigenvalue weighted by molar-refractivity contribution is 6.33. The van der Waals surface area contributed by atoms with Gasteiger partial charge in [-0.1, -0.05) is 11.6 Å². The second-order valence-corrected chi connectivity index (χ2v) is 2.90. The molecular weight excluding hydrogens is 190 g/mol. The summed E-state index contributed by atoms with van der Waals surface area (Å²) in [6, 6.07) is 5.38. The Labute approximate surface area is 82.8 Å². The largest absolute Gasteiger partial charge is 0.497 e. The van der Waals surface area contributed by atoms with Crippen LogP contribution in [0.3, 0.4) is 0 Å². The summed E-state index contributed by atoms with van der Waals surface area (Å²) >= 11 is 5.95. The Balaban J connectivity index is 3.03. The lowest BCUT2D eigenvalue weighted by atomic mass is 10.3. The van der Waals surface area contributed by atoms with E-state index in [4.69, 9.17) is 21.2 Å². The number of hydrogen-bond acceptors (Lipinski definition) is 3. The molecule has 0 saturated carbocycles. The Morgan fingerprint density at radius 2 is 2.00 bits per heavy atom. The van der Waals surface area contributed by atoms with Crippen LogP contribution in [-0.4, -0.2) is 21.3 Å². The molecule has 0 aliphatic heterocycles. The highest BCUT2D eigenvalue weighted by atomic mass is 35.5. The molecule has 0 radical (unpaired) electrons. The number of anilines is 1. The van der Waals surface area contributed by atoms with E-state index >= 15 is 0 Å². The zero-order valence-electron chi connectivity index (χ0n) is 7.87. The summed E-state index contributed by atoms with van der Waals surface area (Å²) < 4.78 is 5.06. The normalized spacial score (nSPS) is 9.85. The van der Waals surface area contributed by atoms with E-state index in [1.54, 1.807) is 38.5 Å². The first-order chi connectivity index (χ1) is 6.19. The fourth-order valence-electron chi connectivity index (χ4n) is 0.959. The number of halogens is 1. The van der Waals surface area contributed by atoms with Crippen LogP contribution in [0.25, 0.3) is 0 Å². The van der Waals surface area contributed by atoms with Gasteiger partial charge in [-0.2, -0.15) is 0 Å². The van der Waals surface area contributed by atoms with Gasteiger partial charge in [0.05, 0.1) is 24.9 Å². The average molecular weight is 202 g/mol. The summed E-state index contributed by atoms with van der Waals surface area (Å²) in [5, 5.41) is 2.20. The van der Waals surface area contributed by atoms with Gasteiger partial charge in [0.15, 0.2) is 0 Å². The maximum atomic E-state index is 5.95. The van der Waals surface area contributed by atoms with Gasteiger partial charge in [-0.25, -0.2) is 0 Å². The lowest BCUT2D eigenvalue weighted by molar-refractivity contribution is 0.184. The molecule has 0 saturated heterocycles. The van der Waals surface area contributed by atoms with Crippen molar-refractivity contribution in [2.45, 2.75) is 0 Å². The average Bonchev–Trinajstić information content (AvgIpc) is 2.17. The summed E-state index contributed by atoms with van der Waals surface area (Å²) in [4.78, 5) is 5.01. The molecule has 0 aliphatic carbocycles. The Morgan fingerprint density at radius 1 is 1.31 bits per heavy atom. The van der Waals surface area contributed by atoms with Crippen LogP contribution in [0.15, 0.2) is 18.2 Å². The highest BCUT2D eigenvalue weighted by Gasteiger charge is 2.06. The second kappa shape index (κ2) is 4.35. The van der Waals surface area contributed by atoms with Crippen LogP contribution in [0.4, 0.5) is 5.69 Å². The van der Waals surface area contributed by atoms with Crippen molar-refractivity contribution in [3.63, 3.8) is 0 Å². The maximum Gasteiger partial charge on any atom is 0.121 e. The predicted octanol–water partition coefficient (Wildman–Crippen LogP) is 2.35. The Morgan fingerprint density at radius 3 is 2.54 bits per heavy atom. The molecule has 0 unspecified atom stereocenters. The van der Waals surface area contributed by atoms with Crippen LogP contribution >= 0.6 is 11.6 Å². The third-order valence-corrected chi connectivity index (χ3v) is 2.09. The van der Waals surface area contributed by atoms with E-state index in [2.05, 4.69) is 0 Å². The summed E-state index contributed by atoms with van der Waals surface area (Å²) in [6.45, 7) is 0. The van der Waals surface area contributed by atoms with E-state index in [-0.39, 0.29) is 0 Å². The molecule has 0 aromatic heterocycles. The molecule has 3 nitrogen and oxygen atoms in total. The van der Waals surface area contributed by atoms with Gasteiger partial charge in [0.2, 0.25) is 0 Å². The van der Waals surface area contributed by atoms with Crippen molar-refractivity contribution in [1.82, 2.24) is 0 Å². The lowest BCUT2D eigenvalue weighted by Gasteiger charge is -2.17. The minimum Gasteiger partial charge on any atom is -0.497 e. The van der Waals surface area contributed by atoms with Gasteiger partial charge in [-0.3, -0.25) is 9.90 Å². The molecule has 0 heterocycles. The maximum absolute atomic E-state index is 5.95. The predicted molar refractivity (Wildman–Crippen MR) is 53.4 cm³/mol. The topological polar surface area (TPSA) is 21.7 Å². The van der Waals surface area contributed by atoms with Gasteiger partial charge in [0.25, 0.3) is 0 Å². The Kier molecular flexibility index (Phi) is 3.39. The quantitative estimate of drug-likeness (QED) is 0.701. The van der Waals surface area contributed by atoms with E-state index in [9.17, 15) is 0 Å². The van der Waals surface area contributed by atoms with Crippen molar-refractivity contribution in [3.8, 4) is 5.75 Å². The monoisotopic (exact) mass is 201 g/mol. The number of hydroxylamine groups is 1. The van der Waals surface area contributed by atoms with E-state index in [1.807, 2.05) is 6.07 Å². The number of hydrogen-bond donors (Lipinski definition) is 0. The van der Waals surface area contributed by atoms with Crippen LogP contribution < -0.4 is 9.80 Å². The van der Waals surface area contributed by atoms with E-state index < -0.39 is 0 Å². The third-order valence-electron chi connectivity index (χ3n) is 1.77. The molecule has 1 aromatic rings. The number of methoxy groups -OCH3 is 1. The molecule has 0 spiro atoms. The number of benzene rings is 1. The fourth-order valence-corrected chi connectivity index (χ4v) is 1.20. The van der Waals surface area contributed by atoms with E-state index in [1.165, 1.54) is 0 Å². The minimum absolute atomic E-state index is 0.630. The third kappa shape index (κ3) is 2.26. The smallest absolute Gasteiger partial charge is 0.121 e. The zero-order chi connectivity index (χ0) is 9.84. The fraction of sp³-hybridized carbons (Fsp3) is 0.333. The van der Waals surface area contributed by atoms with Crippen LogP contribution in [0.1, 0.15) is 0 Å². The van der Waals surface area contributed by atoms with Crippen molar-refractivity contribution in [2.75, 3.05) is 26.3 Å². The van der Waals surface area contributed by atoms with Gasteiger partial charge < -0.3 is 4.74 Å². The summed E-state index contributed by atoms with van der Waals surface area (Å²) in [5.41, 5.74) is 0.781. The molecule has 1 aromatic carbocycles. The van der Waals surface area contributed by atoms with Crippen molar-refractivity contribution in [2.24, 2.45) is 0 Å². The molecule has 0 aliphatic rings. The van der Waals surface area contributed by atoms with Crippen molar-refractivity contribution < 1.29 is 9.57 Å². The first-order valence-electron chi connectivity index (χ1n) is 3.80. The SMILES string of the molecule is COc1ccc(Cl)c(N(C)OC)c1. The molecule has 13 heavy (non-hydrogen) atoms. The second-order valence-electron chi connectivity index (χ2n) is 2.50. The highest BCUT2D eigenvalue weighted by Crippen LogP contribution is 2.29. The van der Waals surface area contributed by atoms with Crippen LogP contribution in [0.2, 0.25) is 5.02 Å². The molecule has 0 bridgehead atoms. The van der Waals surface area contributed by atoms with Crippen LogP contribution in [0.5, 0.6) is 5.75 Å². The molecule has 0 atom stereocenters. The van der Waals surface area contributed by atoms with E-state index in [0.717, 1.165) is 11.4 Å². The molecular formula is C9H12ClNO2. The van der Waals surface area contributed by atoms with Gasteiger partial charge in [-0.05, 0) is 12.1 Å². The summed E-state index contributed by atoms with van der Waals surface area (Å²) in [7, 11) is 4.97. The molecule has 1 rings (SSSR count). The summed E-state index contributed by atoms with van der Waals surface area (Å²) in [6.07, 6.45) is 0. The number of nitrogens with zero attached hydrogens (tertiary/aromatic N) is 1. The van der Waals surface area contributed by atoms with Crippen molar-refractivity contribution >= 4 is 17.3 Å². The Bertz CT molecular complexity index is 291. The zero-order valence-corrected chi connectivity index (χ0v) is 8.63. The standard InChI is InChI=1S/C9H12ClNO2/c1-11(13-3)9-6-7(12-2)4-5-8(9)10/h4-6H,1-3H3. The van der Waals surface area contributed by atoms with Gasteiger partial charge in [0, 0.05) is 13.1 Å². The minimum atomic E-state index is 0.630. The van der Waals surface area contributed by atoms with Crippen molar-refractivity contribution in [1.29, 1.82) is 0 Å². The molecule has 4 heteroatoms. The van der Waals surface area contributed by atoms with Gasteiger partial charge in [0.1, 0.15) is 5.75 Å². The lowest BCUT2D eigenvalue weighted by Crippen LogP contribution is -2.15. The van der Waals surface area contributed by atoms with Crippen molar-refractivity contribution in [3.05, 3.63) is 23.2 Å². The first kappa shape index (κ1) is 10.2. The number of ether oxygens (including phenoxy) is 1. The Hall–Kier alpha value is -0.930. The molecule has 0 fully saturated rings. The van der Waals surface area contributed by atoms with Gasteiger partial charge in [-0.15, -0.1) is 0 Å². The number of rotatable bonds is 3. The van der Waals surface area contributed by atoms with Gasteiger partial charge >= 0.3 is 0 Å².